The highest BCUT2D eigenvalue weighted by atomic mass is 16.6. The molecule has 2 N–H and O–H groups in total. The maximum Gasteiger partial charge on any atom is 0.269 e. The highest BCUT2D eigenvalue weighted by Gasteiger charge is 2.14. The van der Waals surface area contributed by atoms with Crippen LogP contribution in [0.3, 0.4) is 0 Å². The van der Waals surface area contributed by atoms with E-state index in [0.717, 1.165) is 0 Å². The zero-order chi connectivity index (χ0) is 15.6. The van der Waals surface area contributed by atoms with E-state index in [0.29, 0.717) is 22.4 Å². The first-order chi connectivity index (χ1) is 9.88. The Labute approximate surface area is 121 Å². The summed E-state index contributed by atoms with van der Waals surface area (Å²) >= 11 is 0. The van der Waals surface area contributed by atoms with Crippen LogP contribution in [0.4, 0.5) is 11.4 Å². The summed E-state index contributed by atoms with van der Waals surface area (Å²) in [6, 6.07) is 8.86. The number of nitro benzene ring substituents is 1. The fraction of sp³-hybridized carbons (Fsp3) is 0.133. The van der Waals surface area contributed by atoms with E-state index in [1.54, 1.807) is 26.0 Å². The van der Waals surface area contributed by atoms with Crippen molar-refractivity contribution >= 4 is 17.3 Å². The minimum Gasteiger partial charge on any atom is -0.508 e. The fourth-order valence-electron chi connectivity index (χ4n) is 1.90. The van der Waals surface area contributed by atoms with Crippen molar-refractivity contribution in [2.75, 3.05) is 5.32 Å². The third kappa shape index (κ3) is 3.17. The van der Waals surface area contributed by atoms with Gasteiger partial charge in [0.25, 0.3) is 11.6 Å². The number of carbonyl (C=O) groups is 1. The molecule has 0 fully saturated rings. The number of anilines is 1. The first-order valence-corrected chi connectivity index (χ1v) is 6.24. The molecule has 2 rings (SSSR count). The van der Waals surface area contributed by atoms with E-state index < -0.39 is 4.92 Å². The van der Waals surface area contributed by atoms with Crippen LogP contribution in [-0.4, -0.2) is 15.9 Å². The Hall–Kier alpha value is -2.89. The molecule has 0 aromatic heterocycles. The van der Waals surface area contributed by atoms with Crippen molar-refractivity contribution in [1.29, 1.82) is 0 Å². The van der Waals surface area contributed by atoms with Gasteiger partial charge < -0.3 is 10.4 Å². The Balaban J connectivity index is 2.24. The molecule has 2 aromatic rings. The SMILES string of the molecule is Cc1ccc(NC(=O)c2ccc([N+](=O)[O-])cc2C)cc1O. The second-order valence-corrected chi connectivity index (χ2v) is 4.71. The second kappa shape index (κ2) is 5.62. The zero-order valence-electron chi connectivity index (χ0n) is 11.6. The van der Waals surface area contributed by atoms with Gasteiger partial charge in [-0.05, 0) is 37.1 Å². The quantitative estimate of drug-likeness (QED) is 0.669. The first-order valence-electron chi connectivity index (χ1n) is 6.24. The van der Waals surface area contributed by atoms with Gasteiger partial charge in [0.05, 0.1) is 4.92 Å². The molecule has 0 aliphatic carbocycles. The Morgan fingerprint density at radius 2 is 1.86 bits per heavy atom. The summed E-state index contributed by atoms with van der Waals surface area (Å²) < 4.78 is 0. The molecule has 0 spiro atoms. The molecule has 108 valence electrons. The van der Waals surface area contributed by atoms with E-state index in [2.05, 4.69) is 5.32 Å². The van der Waals surface area contributed by atoms with E-state index in [-0.39, 0.29) is 17.3 Å². The third-order valence-corrected chi connectivity index (χ3v) is 3.13. The van der Waals surface area contributed by atoms with Crippen LogP contribution in [0.25, 0.3) is 0 Å². The summed E-state index contributed by atoms with van der Waals surface area (Å²) in [6.45, 7) is 3.38. The number of nitrogens with zero attached hydrogens (tertiary/aromatic N) is 1. The van der Waals surface area contributed by atoms with Crippen molar-refractivity contribution in [2.45, 2.75) is 13.8 Å². The molecule has 21 heavy (non-hydrogen) atoms. The number of nitrogens with one attached hydrogen (secondary N) is 1. The average molecular weight is 286 g/mol. The molecular formula is C15H14N2O4. The maximum absolute atomic E-state index is 12.1. The lowest BCUT2D eigenvalue weighted by Crippen LogP contribution is -2.13. The molecule has 2 aromatic carbocycles. The highest BCUT2D eigenvalue weighted by Crippen LogP contribution is 2.22. The number of amides is 1. The van der Waals surface area contributed by atoms with Crippen LogP contribution < -0.4 is 5.32 Å². The van der Waals surface area contributed by atoms with Gasteiger partial charge in [-0.15, -0.1) is 0 Å². The average Bonchev–Trinajstić information content (AvgIpc) is 2.42. The van der Waals surface area contributed by atoms with Crippen LogP contribution in [0.2, 0.25) is 0 Å². The van der Waals surface area contributed by atoms with E-state index in [4.69, 9.17) is 0 Å². The van der Waals surface area contributed by atoms with Gasteiger partial charge in [0.1, 0.15) is 5.75 Å². The molecule has 0 saturated heterocycles. The number of hydrogen-bond acceptors (Lipinski definition) is 4. The Bertz CT molecular complexity index is 726. The number of rotatable bonds is 3. The minimum atomic E-state index is -0.507. The van der Waals surface area contributed by atoms with Gasteiger partial charge in [-0.3, -0.25) is 14.9 Å². The lowest BCUT2D eigenvalue weighted by molar-refractivity contribution is -0.384. The molecule has 0 aliphatic heterocycles. The maximum atomic E-state index is 12.1. The van der Waals surface area contributed by atoms with E-state index in [9.17, 15) is 20.0 Å². The van der Waals surface area contributed by atoms with Gasteiger partial charge in [0, 0.05) is 29.4 Å². The van der Waals surface area contributed by atoms with E-state index in [1.165, 1.54) is 24.3 Å². The zero-order valence-corrected chi connectivity index (χ0v) is 11.6. The monoisotopic (exact) mass is 286 g/mol. The van der Waals surface area contributed by atoms with Crippen molar-refractivity contribution < 1.29 is 14.8 Å². The summed E-state index contributed by atoms with van der Waals surface area (Å²) in [4.78, 5) is 22.3. The van der Waals surface area contributed by atoms with Crippen LogP contribution in [0.15, 0.2) is 36.4 Å². The number of aryl methyl sites for hydroxylation is 2. The van der Waals surface area contributed by atoms with Gasteiger partial charge >= 0.3 is 0 Å². The lowest BCUT2D eigenvalue weighted by Gasteiger charge is -2.09. The molecule has 0 saturated carbocycles. The summed E-state index contributed by atoms with van der Waals surface area (Å²) in [5.41, 5.74) is 1.97. The van der Waals surface area contributed by atoms with E-state index >= 15 is 0 Å². The summed E-state index contributed by atoms with van der Waals surface area (Å²) in [6.07, 6.45) is 0. The Kier molecular flexibility index (Phi) is 3.89. The molecule has 6 heteroatoms. The molecule has 0 radical (unpaired) electrons. The van der Waals surface area contributed by atoms with Crippen LogP contribution in [0.5, 0.6) is 5.75 Å². The molecule has 1 amide bonds. The molecule has 6 nitrogen and oxygen atoms in total. The van der Waals surface area contributed by atoms with Crippen molar-refractivity contribution in [3.8, 4) is 5.75 Å². The van der Waals surface area contributed by atoms with Crippen LogP contribution in [-0.2, 0) is 0 Å². The van der Waals surface area contributed by atoms with Crippen molar-refractivity contribution in [2.24, 2.45) is 0 Å². The van der Waals surface area contributed by atoms with Gasteiger partial charge in [-0.2, -0.15) is 0 Å². The van der Waals surface area contributed by atoms with Gasteiger partial charge in [-0.25, -0.2) is 0 Å². The number of phenolic OH excluding ortho intramolecular Hbond substituents is 1. The van der Waals surface area contributed by atoms with Gasteiger partial charge in [0.15, 0.2) is 0 Å². The number of carbonyl (C=O) groups excluding carboxylic acids is 1. The molecule has 0 unspecified atom stereocenters. The summed E-state index contributed by atoms with van der Waals surface area (Å²) in [5.74, 6) is -0.293. The first kappa shape index (κ1) is 14.5. The molecule has 0 heterocycles. The molecular weight excluding hydrogens is 272 g/mol. The summed E-state index contributed by atoms with van der Waals surface area (Å²) in [5, 5.41) is 22.9. The normalized spacial score (nSPS) is 10.2. The fourth-order valence-corrected chi connectivity index (χ4v) is 1.90. The summed E-state index contributed by atoms with van der Waals surface area (Å²) in [7, 11) is 0. The van der Waals surface area contributed by atoms with Gasteiger partial charge in [-0.1, -0.05) is 6.07 Å². The predicted octanol–water partition coefficient (Wildman–Crippen LogP) is 3.17. The van der Waals surface area contributed by atoms with Crippen LogP contribution in [0.1, 0.15) is 21.5 Å². The Morgan fingerprint density at radius 1 is 1.14 bits per heavy atom. The lowest BCUT2D eigenvalue weighted by atomic mass is 10.1. The number of nitro groups is 1. The van der Waals surface area contributed by atoms with Gasteiger partial charge in [0.2, 0.25) is 0 Å². The number of hydrogen-bond donors (Lipinski definition) is 2. The van der Waals surface area contributed by atoms with Crippen LogP contribution >= 0.6 is 0 Å². The Morgan fingerprint density at radius 3 is 2.43 bits per heavy atom. The van der Waals surface area contributed by atoms with Crippen molar-refractivity contribution in [3.63, 3.8) is 0 Å². The largest absolute Gasteiger partial charge is 0.508 e. The minimum absolute atomic E-state index is 0.0583. The molecule has 0 bridgehead atoms. The third-order valence-electron chi connectivity index (χ3n) is 3.13. The number of aromatic hydroxyl groups is 1. The molecule has 0 atom stereocenters. The smallest absolute Gasteiger partial charge is 0.269 e. The highest BCUT2D eigenvalue weighted by molar-refractivity contribution is 6.05. The second-order valence-electron chi connectivity index (χ2n) is 4.71. The number of phenols is 1. The molecule has 0 aliphatic rings. The number of benzene rings is 2. The van der Waals surface area contributed by atoms with E-state index in [1.807, 2.05) is 0 Å². The van der Waals surface area contributed by atoms with Crippen molar-refractivity contribution in [3.05, 3.63) is 63.2 Å². The van der Waals surface area contributed by atoms with Crippen molar-refractivity contribution in [1.82, 2.24) is 0 Å². The topological polar surface area (TPSA) is 92.5 Å². The van der Waals surface area contributed by atoms with Crippen LogP contribution in [0, 0.1) is 24.0 Å². The standard InChI is InChI=1S/C15H14N2O4/c1-9-3-4-11(8-14(9)18)16-15(19)13-6-5-12(17(20)21)7-10(13)2/h3-8,18H,1-2H3,(H,16,19). The predicted molar refractivity (Wildman–Crippen MR) is 78.6 cm³/mol. The number of non-ortho nitro benzene ring substituents is 1.